The van der Waals surface area contributed by atoms with Gasteiger partial charge in [0.2, 0.25) is 0 Å². The lowest BCUT2D eigenvalue weighted by atomic mass is 10.1. The van der Waals surface area contributed by atoms with Gasteiger partial charge in [-0.2, -0.15) is 0 Å². The fraction of sp³-hybridized carbons (Fsp3) is 0.524. The van der Waals surface area contributed by atoms with Crippen LogP contribution in [-0.2, 0) is 4.74 Å². The van der Waals surface area contributed by atoms with E-state index in [1.165, 1.54) is 50.7 Å². The minimum Gasteiger partial charge on any atom is -0.478 e. The van der Waals surface area contributed by atoms with Crippen LogP contribution in [0.5, 0.6) is 0 Å². The second kappa shape index (κ2) is 13.2. The number of carbonyl (C=O) groups excluding carboxylic acids is 1. The molecular weight excluding hydrogens is 316 g/mol. The second-order valence-corrected chi connectivity index (χ2v) is 6.16. The highest BCUT2D eigenvalue weighted by molar-refractivity contribution is 6.02. The summed E-state index contributed by atoms with van der Waals surface area (Å²) >= 11 is 0. The Morgan fingerprint density at radius 3 is 2.20 bits per heavy atom. The van der Waals surface area contributed by atoms with Crippen LogP contribution < -0.4 is 0 Å². The number of esters is 1. The predicted octanol–water partition coefficient (Wildman–Crippen LogP) is 5.63. The fourth-order valence-electron chi connectivity index (χ4n) is 2.57. The van der Waals surface area contributed by atoms with Gasteiger partial charge in [-0.15, -0.1) is 0 Å². The lowest BCUT2D eigenvalue weighted by Crippen LogP contribution is -2.12. The largest absolute Gasteiger partial charge is 0.478 e. The number of benzene rings is 1. The number of carboxylic acids is 1. The summed E-state index contributed by atoms with van der Waals surface area (Å²) in [6.45, 7) is 2.53. The number of hydrogen-bond acceptors (Lipinski definition) is 3. The molecule has 1 aromatic carbocycles. The van der Waals surface area contributed by atoms with Crippen molar-refractivity contribution < 1.29 is 19.4 Å². The molecule has 0 radical (unpaired) electrons. The highest BCUT2D eigenvalue weighted by atomic mass is 16.5. The first-order valence-electron chi connectivity index (χ1n) is 9.31. The Labute approximate surface area is 150 Å². The molecule has 4 nitrogen and oxygen atoms in total. The SMILES string of the molecule is CCCCCCCC/C=C/CCCOC(=O)c1ccccc1C(=O)O. The molecule has 25 heavy (non-hydrogen) atoms. The van der Waals surface area contributed by atoms with Gasteiger partial charge in [0.15, 0.2) is 0 Å². The van der Waals surface area contributed by atoms with Crippen molar-refractivity contribution in [1.82, 2.24) is 0 Å². The smallest absolute Gasteiger partial charge is 0.339 e. The lowest BCUT2D eigenvalue weighted by molar-refractivity contribution is 0.0491. The van der Waals surface area contributed by atoms with Gasteiger partial charge in [-0.1, -0.05) is 63.3 Å². The van der Waals surface area contributed by atoms with E-state index in [-0.39, 0.29) is 11.1 Å². The van der Waals surface area contributed by atoms with Crippen molar-refractivity contribution in [3.8, 4) is 0 Å². The van der Waals surface area contributed by atoms with Crippen molar-refractivity contribution in [3.63, 3.8) is 0 Å². The molecule has 0 amide bonds. The van der Waals surface area contributed by atoms with Gasteiger partial charge in [-0.05, 0) is 37.8 Å². The van der Waals surface area contributed by atoms with Crippen LogP contribution in [0.3, 0.4) is 0 Å². The van der Waals surface area contributed by atoms with E-state index < -0.39 is 11.9 Å². The van der Waals surface area contributed by atoms with E-state index in [2.05, 4.69) is 19.1 Å². The third-order valence-electron chi connectivity index (χ3n) is 4.02. The summed E-state index contributed by atoms with van der Waals surface area (Å²) in [4.78, 5) is 23.0. The van der Waals surface area contributed by atoms with Gasteiger partial charge in [0.1, 0.15) is 0 Å². The number of unbranched alkanes of at least 4 members (excludes halogenated alkanes) is 7. The maximum Gasteiger partial charge on any atom is 0.339 e. The zero-order valence-corrected chi connectivity index (χ0v) is 15.2. The molecule has 0 aliphatic heterocycles. The van der Waals surface area contributed by atoms with Crippen LogP contribution in [0.25, 0.3) is 0 Å². The number of carbonyl (C=O) groups is 2. The minimum absolute atomic E-state index is 0.0219. The molecule has 1 N–H and O–H groups in total. The normalized spacial score (nSPS) is 10.9. The molecule has 0 aliphatic carbocycles. The summed E-state index contributed by atoms with van der Waals surface area (Å²) in [5.41, 5.74) is 0.0833. The van der Waals surface area contributed by atoms with E-state index in [0.29, 0.717) is 6.61 Å². The van der Waals surface area contributed by atoms with Crippen molar-refractivity contribution in [2.45, 2.75) is 64.7 Å². The summed E-state index contributed by atoms with van der Waals surface area (Å²) < 4.78 is 5.17. The van der Waals surface area contributed by atoms with Gasteiger partial charge >= 0.3 is 11.9 Å². The van der Waals surface area contributed by atoms with Gasteiger partial charge in [-0.3, -0.25) is 0 Å². The molecule has 0 bridgehead atoms. The van der Waals surface area contributed by atoms with Crippen LogP contribution in [0.1, 0.15) is 85.4 Å². The Morgan fingerprint density at radius 1 is 0.920 bits per heavy atom. The third-order valence-corrected chi connectivity index (χ3v) is 4.02. The highest BCUT2D eigenvalue weighted by Crippen LogP contribution is 2.11. The van der Waals surface area contributed by atoms with Crippen molar-refractivity contribution in [1.29, 1.82) is 0 Å². The summed E-state index contributed by atoms with van der Waals surface area (Å²) in [5.74, 6) is -1.70. The molecule has 0 aromatic heterocycles. The Hall–Kier alpha value is -2.10. The molecule has 4 heteroatoms. The third kappa shape index (κ3) is 9.08. The maximum absolute atomic E-state index is 11.9. The molecule has 0 saturated carbocycles. The zero-order chi connectivity index (χ0) is 18.3. The number of carboxylic acid groups (broad SMARTS) is 1. The van der Waals surface area contributed by atoms with E-state index in [0.717, 1.165) is 19.3 Å². The predicted molar refractivity (Wildman–Crippen MR) is 100 cm³/mol. The standard InChI is InChI=1S/C21H30O4/c1-2-3-4-5-6-7-8-9-10-11-14-17-25-21(24)19-16-13-12-15-18(19)20(22)23/h9-10,12-13,15-16H,2-8,11,14,17H2,1H3,(H,22,23)/b10-9+. The molecule has 0 fully saturated rings. The van der Waals surface area contributed by atoms with Crippen LogP contribution in [0.15, 0.2) is 36.4 Å². The molecule has 138 valence electrons. The number of hydrogen-bond donors (Lipinski definition) is 1. The van der Waals surface area contributed by atoms with Crippen molar-refractivity contribution in [3.05, 3.63) is 47.5 Å². The van der Waals surface area contributed by atoms with Crippen LogP contribution in [0.4, 0.5) is 0 Å². The van der Waals surface area contributed by atoms with Crippen LogP contribution >= 0.6 is 0 Å². The first kappa shape index (κ1) is 20.9. The van der Waals surface area contributed by atoms with E-state index in [1.807, 2.05) is 0 Å². The first-order valence-corrected chi connectivity index (χ1v) is 9.31. The summed E-state index contributed by atoms with van der Waals surface area (Å²) in [5, 5.41) is 9.07. The van der Waals surface area contributed by atoms with Crippen molar-refractivity contribution in [2.24, 2.45) is 0 Å². The van der Waals surface area contributed by atoms with Crippen LogP contribution in [0, 0.1) is 0 Å². The number of allylic oxidation sites excluding steroid dienone is 2. The molecule has 1 aromatic rings. The lowest BCUT2D eigenvalue weighted by Gasteiger charge is -2.06. The maximum atomic E-state index is 11.9. The van der Waals surface area contributed by atoms with E-state index in [4.69, 9.17) is 9.84 Å². The van der Waals surface area contributed by atoms with Crippen molar-refractivity contribution in [2.75, 3.05) is 6.61 Å². The molecule has 0 unspecified atom stereocenters. The van der Waals surface area contributed by atoms with E-state index in [1.54, 1.807) is 12.1 Å². The Bertz CT molecular complexity index is 549. The molecule has 0 saturated heterocycles. The van der Waals surface area contributed by atoms with Gasteiger partial charge in [0.05, 0.1) is 17.7 Å². The van der Waals surface area contributed by atoms with E-state index in [9.17, 15) is 9.59 Å². The van der Waals surface area contributed by atoms with E-state index >= 15 is 0 Å². The molecule has 0 heterocycles. The quantitative estimate of drug-likeness (QED) is 0.286. The average Bonchev–Trinajstić information content (AvgIpc) is 2.62. The molecular formula is C21H30O4. The molecule has 0 spiro atoms. The Morgan fingerprint density at radius 2 is 1.52 bits per heavy atom. The van der Waals surface area contributed by atoms with Crippen LogP contribution in [0.2, 0.25) is 0 Å². The molecule has 0 aliphatic rings. The van der Waals surface area contributed by atoms with Crippen LogP contribution in [-0.4, -0.2) is 23.7 Å². The minimum atomic E-state index is -1.12. The highest BCUT2D eigenvalue weighted by Gasteiger charge is 2.16. The van der Waals surface area contributed by atoms with Crippen molar-refractivity contribution >= 4 is 11.9 Å². The summed E-state index contributed by atoms with van der Waals surface area (Å²) in [6, 6.07) is 6.11. The number of aromatic carboxylic acids is 1. The summed E-state index contributed by atoms with van der Waals surface area (Å²) in [6.07, 6.45) is 14.9. The first-order chi connectivity index (χ1) is 12.2. The second-order valence-electron chi connectivity index (χ2n) is 6.16. The molecule has 0 atom stereocenters. The average molecular weight is 346 g/mol. The number of ether oxygens (including phenoxy) is 1. The fourth-order valence-corrected chi connectivity index (χ4v) is 2.57. The van der Waals surface area contributed by atoms with Gasteiger partial charge in [0, 0.05) is 0 Å². The monoisotopic (exact) mass is 346 g/mol. The molecule has 1 rings (SSSR count). The Balaban J connectivity index is 2.13. The zero-order valence-electron chi connectivity index (χ0n) is 15.2. The topological polar surface area (TPSA) is 63.6 Å². The summed E-state index contributed by atoms with van der Waals surface area (Å²) in [7, 11) is 0. The van der Waals surface area contributed by atoms with Gasteiger partial charge in [0.25, 0.3) is 0 Å². The van der Waals surface area contributed by atoms with Gasteiger partial charge < -0.3 is 9.84 Å². The number of rotatable bonds is 13. The Kier molecular flexibility index (Phi) is 11.1. The van der Waals surface area contributed by atoms with Gasteiger partial charge in [-0.25, -0.2) is 9.59 Å².